The molecule has 4 nitrogen and oxygen atoms in total. The van der Waals surface area contributed by atoms with Crippen molar-refractivity contribution in [3.63, 3.8) is 0 Å². The minimum Gasteiger partial charge on any atom is -0.350 e. The molecular formula is C14H14F3N3O. The standard InChI is InChI=1S/C14H14F3N3O/c15-14(16,17)8-11-2-4-12(5-3-11)13(18-10-21)9-20-7-1-6-19-20/h1-7,10,13H,8-9H2,(H,18,21). The van der Waals surface area contributed by atoms with Gasteiger partial charge in [0.1, 0.15) is 0 Å². The zero-order valence-corrected chi connectivity index (χ0v) is 11.0. The van der Waals surface area contributed by atoms with Gasteiger partial charge in [0, 0.05) is 12.4 Å². The van der Waals surface area contributed by atoms with Gasteiger partial charge in [0.05, 0.1) is 19.0 Å². The summed E-state index contributed by atoms with van der Waals surface area (Å²) in [5.74, 6) is 0. The second-order valence-electron chi connectivity index (χ2n) is 4.60. The zero-order valence-electron chi connectivity index (χ0n) is 11.0. The van der Waals surface area contributed by atoms with E-state index in [1.807, 2.05) is 0 Å². The van der Waals surface area contributed by atoms with E-state index in [1.54, 1.807) is 35.3 Å². The first-order valence-electron chi connectivity index (χ1n) is 6.30. The molecule has 21 heavy (non-hydrogen) atoms. The normalized spacial score (nSPS) is 12.9. The van der Waals surface area contributed by atoms with E-state index in [-0.39, 0.29) is 11.6 Å². The highest BCUT2D eigenvalue weighted by Gasteiger charge is 2.27. The Morgan fingerprint density at radius 1 is 1.29 bits per heavy atom. The molecule has 0 aliphatic rings. The molecule has 0 spiro atoms. The van der Waals surface area contributed by atoms with Gasteiger partial charge < -0.3 is 5.32 Å². The molecule has 1 amide bonds. The molecule has 1 N–H and O–H groups in total. The Labute approximate surface area is 119 Å². The highest BCUT2D eigenvalue weighted by atomic mass is 19.4. The summed E-state index contributed by atoms with van der Waals surface area (Å²) in [6, 6.07) is 7.43. The average Bonchev–Trinajstić information content (AvgIpc) is 2.90. The number of nitrogens with one attached hydrogen (secondary N) is 1. The van der Waals surface area contributed by atoms with Crippen LogP contribution in [0, 0.1) is 0 Å². The summed E-state index contributed by atoms with van der Waals surface area (Å²) in [6.45, 7) is 0.407. The van der Waals surface area contributed by atoms with E-state index in [0.717, 1.165) is 5.56 Å². The Morgan fingerprint density at radius 3 is 2.52 bits per heavy atom. The molecule has 0 aliphatic carbocycles. The fourth-order valence-corrected chi connectivity index (χ4v) is 2.03. The van der Waals surface area contributed by atoms with Crippen molar-refractivity contribution in [2.24, 2.45) is 0 Å². The number of carbonyl (C=O) groups is 1. The molecule has 1 aromatic carbocycles. The molecule has 112 valence electrons. The molecule has 1 heterocycles. The Hall–Kier alpha value is -2.31. The van der Waals surface area contributed by atoms with E-state index < -0.39 is 12.6 Å². The van der Waals surface area contributed by atoms with Crippen LogP contribution in [0.15, 0.2) is 42.7 Å². The number of hydrogen-bond donors (Lipinski definition) is 1. The van der Waals surface area contributed by atoms with Gasteiger partial charge in [0.15, 0.2) is 0 Å². The quantitative estimate of drug-likeness (QED) is 0.833. The Bertz CT molecular complexity index is 564. The number of alkyl halides is 3. The molecule has 0 radical (unpaired) electrons. The van der Waals surface area contributed by atoms with E-state index in [0.29, 0.717) is 13.0 Å². The van der Waals surface area contributed by atoms with Gasteiger partial charge in [0.2, 0.25) is 6.41 Å². The zero-order chi connectivity index (χ0) is 15.3. The number of hydrogen-bond acceptors (Lipinski definition) is 2. The lowest BCUT2D eigenvalue weighted by Gasteiger charge is -2.17. The van der Waals surface area contributed by atoms with E-state index >= 15 is 0 Å². The molecule has 0 saturated carbocycles. The van der Waals surface area contributed by atoms with Crippen LogP contribution < -0.4 is 5.32 Å². The smallest absolute Gasteiger partial charge is 0.350 e. The Balaban J connectivity index is 2.11. The van der Waals surface area contributed by atoms with Crippen molar-refractivity contribution in [1.82, 2.24) is 15.1 Å². The molecule has 2 aromatic rings. The second-order valence-corrected chi connectivity index (χ2v) is 4.60. The third kappa shape index (κ3) is 4.62. The number of halogens is 3. The Morgan fingerprint density at radius 2 is 2.00 bits per heavy atom. The average molecular weight is 297 g/mol. The number of aromatic nitrogens is 2. The number of rotatable bonds is 6. The summed E-state index contributed by atoms with van der Waals surface area (Å²) in [5, 5.41) is 6.68. The third-order valence-corrected chi connectivity index (χ3v) is 2.98. The second kappa shape index (κ2) is 6.43. The molecule has 1 unspecified atom stereocenters. The van der Waals surface area contributed by atoms with E-state index in [4.69, 9.17) is 0 Å². The van der Waals surface area contributed by atoms with Gasteiger partial charge in [-0.2, -0.15) is 18.3 Å². The summed E-state index contributed by atoms with van der Waals surface area (Å²) in [7, 11) is 0. The monoisotopic (exact) mass is 297 g/mol. The van der Waals surface area contributed by atoms with Gasteiger partial charge in [-0.1, -0.05) is 24.3 Å². The highest BCUT2D eigenvalue weighted by Crippen LogP contribution is 2.23. The lowest BCUT2D eigenvalue weighted by Crippen LogP contribution is -2.24. The van der Waals surface area contributed by atoms with Crippen molar-refractivity contribution in [2.75, 3.05) is 0 Å². The molecule has 1 aromatic heterocycles. The molecule has 0 fully saturated rings. The first-order chi connectivity index (χ1) is 9.98. The molecule has 0 bridgehead atoms. The van der Waals surface area contributed by atoms with Gasteiger partial charge in [-0.05, 0) is 17.2 Å². The van der Waals surface area contributed by atoms with Crippen LogP contribution in [0.1, 0.15) is 17.2 Å². The molecule has 1 atom stereocenters. The minimum atomic E-state index is -4.23. The predicted octanol–water partition coefficient (Wildman–Crippen LogP) is 2.48. The van der Waals surface area contributed by atoms with Crippen molar-refractivity contribution in [3.8, 4) is 0 Å². The lowest BCUT2D eigenvalue weighted by atomic mass is 10.0. The first kappa shape index (κ1) is 15.1. The maximum atomic E-state index is 12.3. The van der Waals surface area contributed by atoms with Crippen LogP contribution >= 0.6 is 0 Å². The van der Waals surface area contributed by atoms with E-state index in [1.165, 1.54) is 12.1 Å². The molecule has 0 saturated heterocycles. The fraction of sp³-hybridized carbons (Fsp3) is 0.286. The minimum absolute atomic E-state index is 0.190. The lowest BCUT2D eigenvalue weighted by molar-refractivity contribution is -0.127. The summed E-state index contributed by atoms with van der Waals surface area (Å²) >= 11 is 0. The SMILES string of the molecule is O=CNC(Cn1cccn1)c1ccc(CC(F)(F)F)cc1. The maximum Gasteiger partial charge on any atom is 0.393 e. The summed E-state index contributed by atoms with van der Waals surface area (Å²) < 4.78 is 38.6. The van der Waals surface area contributed by atoms with Crippen molar-refractivity contribution in [1.29, 1.82) is 0 Å². The number of carbonyl (C=O) groups excluding carboxylic acids is 1. The van der Waals surface area contributed by atoms with Gasteiger partial charge in [-0.3, -0.25) is 9.48 Å². The first-order valence-corrected chi connectivity index (χ1v) is 6.30. The van der Waals surface area contributed by atoms with E-state index in [2.05, 4.69) is 10.4 Å². The maximum absolute atomic E-state index is 12.3. The van der Waals surface area contributed by atoms with Crippen LogP contribution in [0.3, 0.4) is 0 Å². The van der Waals surface area contributed by atoms with Crippen LogP contribution in [0.5, 0.6) is 0 Å². The summed E-state index contributed by atoms with van der Waals surface area (Å²) in [6.07, 6.45) is -1.26. The van der Waals surface area contributed by atoms with Crippen molar-refractivity contribution < 1.29 is 18.0 Å². The van der Waals surface area contributed by atoms with Gasteiger partial charge in [0.25, 0.3) is 0 Å². The van der Waals surface area contributed by atoms with Gasteiger partial charge >= 0.3 is 6.18 Å². The van der Waals surface area contributed by atoms with Crippen molar-refractivity contribution in [2.45, 2.75) is 25.2 Å². The topological polar surface area (TPSA) is 46.9 Å². The summed E-state index contributed by atoms with van der Waals surface area (Å²) in [5.41, 5.74) is 0.915. The summed E-state index contributed by atoms with van der Waals surface area (Å²) in [4.78, 5) is 10.7. The van der Waals surface area contributed by atoms with Crippen LogP contribution in [-0.2, 0) is 17.8 Å². The molecular weight excluding hydrogens is 283 g/mol. The Kier molecular flexibility index (Phi) is 4.62. The van der Waals surface area contributed by atoms with Crippen LogP contribution in [0.25, 0.3) is 0 Å². The van der Waals surface area contributed by atoms with Crippen molar-refractivity contribution in [3.05, 3.63) is 53.9 Å². The van der Waals surface area contributed by atoms with E-state index in [9.17, 15) is 18.0 Å². The van der Waals surface area contributed by atoms with Crippen LogP contribution in [0.2, 0.25) is 0 Å². The van der Waals surface area contributed by atoms with Crippen LogP contribution in [0.4, 0.5) is 13.2 Å². The number of nitrogens with zero attached hydrogens (tertiary/aromatic N) is 2. The molecule has 2 rings (SSSR count). The fourth-order valence-electron chi connectivity index (χ4n) is 2.03. The number of amides is 1. The third-order valence-electron chi connectivity index (χ3n) is 2.98. The van der Waals surface area contributed by atoms with Gasteiger partial charge in [-0.15, -0.1) is 0 Å². The van der Waals surface area contributed by atoms with Gasteiger partial charge in [-0.25, -0.2) is 0 Å². The largest absolute Gasteiger partial charge is 0.393 e. The molecule has 0 aliphatic heterocycles. The van der Waals surface area contributed by atoms with Crippen molar-refractivity contribution >= 4 is 6.41 Å². The highest BCUT2D eigenvalue weighted by molar-refractivity contribution is 5.47. The number of benzene rings is 1. The predicted molar refractivity (Wildman–Crippen MR) is 70.4 cm³/mol. The van der Waals surface area contributed by atoms with Crippen LogP contribution in [-0.4, -0.2) is 22.4 Å². The molecule has 7 heteroatoms.